The summed E-state index contributed by atoms with van der Waals surface area (Å²) in [5.74, 6) is -1.10. The van der Waals surface area contributed by atoms with Crippen molar-refractivity contribution in [3.8, 4) is 0 Å². The first kappa shape index (κ1) is 16.6. The smallest absolute Gasteiger partial charge is 0.326 e. The Hall–Kier alpha value is -2.27. The highest BCUT2D eigenvalue weighted by atomic mass is 32.2. The molecule has 0 saturated carbocycles. The number of carboxylic acid groups (broad SMARTS) is 1. The van der Waals surface area contributed by atoms with Crippen LogP contribution in [0.1, 0.15) is 18.1 Å². The van der Waals surface area contributed by atoms with Gasteiger partial charge in [0.25, 0.3) is 0 Å². The minimum absolute atomic E-state index is 0.116. The van der Waals surface area contributed by atoms with Crippen molar-refractivity contribution in [2.24, 2.45) is 0 Å². The molecule has 0 saturated heterocycles. The number of aliphatic carboxylic acids is 1. The molecule has 1 amide bonds. The van der Waals surface area contributed by atoms with Gasteiger partial charge >= 0.3 is 5.97 Å². The van der Waals surface area contributed by atoms with E-state index in [1.165, 1.54) is 16.7 Å². The molecule has 0 aliphatic carbocycles. The fraction of sp³-hybridized carbons (Fsp3) is 0.263. The zero-order valence-corrected chi connectivity index (χ0v) is 14.2. The normalized spacial score (nSPS) is 17.1. The predicted octanol–water partition coefficient (Wildman–Crippen LogP) is 3.21. The lowest BCUT2D eigenvalue weighted by atomic mass is 10.1. The van der Waals surface area contributed by atoms with E-state index in [0.29, 0.717) is 13.0 Å². The molecule has 24 heavy (non-hydrogen) atoms. The van der Waals surface area contributed by atoms with Crippen LogP contribution >= 0.6 is 11.8 Å². The Morgan fingerprint density at radius 2 is 1.83 bits per heavy atom. The Morgan fingerprint density at radius 1 is 1.17 bits per heavy atom. The maximum absolute atomic E-state index is 13.0. The average molecular weight is 341 g/mol. The number of hydrogen-bond acceptors (Lipinski definition) is 3. The van der Waals surface area contributed by atoms with E-state index in [1.807, 2.05) is 54.6 Å². The Labute approximate surface area is 145 Å². The number of benzene rings is 2. The van der Waals surface area contributed by atoms with Crippen molar-refractivity contribution in [2.45, 2.75) is 36.1 Å². The number of rotatable bonds is 5. The fourth-order valence-corrected chi connectivity index (χ4v) is 4.09. The molecule has 4 nitrogen and oxygen atoms in total. The quantitative estimate of drug-likeness (QED) is 0.907. The van der Waals surface area contributed by atoms with Gasteiger partial charge in [0.05, 0.1) is 5.25 Å². The second kappa shape index (κ2) is 7.09. The summed E-state index contributed by atoms with van der Waals surface area (Å²) in [7, 11) is 0. The summed E-state index contributed by atoms with van der Waals surface area (Å²) in [5, 5.41) is 9.14. The number of fused-ring (bicyclic) bond motifs is 1. The van der Waals surface area contributed by atoms with Gasteiger partial charge in [-0.2, -0.15) is 0 Å². The highest BCUT2D eigenvalue weighted by Gasteiger charge is 2.35. The van der Waals surface area contributed by atoms with Crippen molar-refractivity contribution < 1.29 is 14.7 Å². The molecular weight excluding hydrogens is 322 g/mol. The second-order valence-corrected chi connectivity index (χ2v) is 7.13. The van der Waals surface area contributed by atoms with Gasteiger partial charge in [0.2, 0.25) is 5.91 Å². The topological polar surface area (TPSA) is 57.6 Å². The van der Waals surface area contributed by atoms with Crippen LogP contribution in [-0.4, -0.2) is 33.2 Å². The van der Waals surface area contributed by atoms with Gasteiger partial charge in [0.1, 0.15) is 6.04 Å². The summed E-state index contributed by atoms with van der Waals surface area (Å²) < 4.78 is 0. The molecule has 0 spiro atoms. The highest BCUT2D eigenvalue weighted by Crippen LogP contribution is 2.38. The maximum atomic E-state index is 13.0. The Morgan fingerprint density at radius 3 is 2.50 bits per heavy atom. The van der Waals surface area contributed by atoms with Gasteiger partial charge in [0.15, 0.2) is 0 Å². The van der Waals surface area contributed by atoms with Gasteiger partial charge in [0, 0.05) is 11.4 Å². The number of carbonyl (C=O) groups is 2. The lowest BCUT2D eigenvalue weighted by Crippen LogP contribution is -2.46. The molecule has 3 rings (SSSR count). The van der Waals surface area contributed by atoms with Crippen LogP contribution in [0, 0.1) is 0 Å². The van der Waals surface area contributed by atoms with Crippen LogP contribution in [0.2, 0.25) is 0 Å². The summed E-state index contributed by atoms with van der Waals surface area (Å²) in [5.41, 5.74) is 2.09. The first-order valence-electron chi connectivity index (χ1n) is 7.88. The van der Waals surface area contributed by atoms with E-state index >= 15 is 0 Å². The van der Waals surface area contributed by atoms with Crippen molar-refractivity contribution in [3.63, 3.8) is 0 Å². The summed E-state index contributed by atoms with van der Waals surface area (Å²) in [4.78, 5) is 27.1. The van der Waals surface area contributed by atoms with Crippen molar-refractivity contribution >= 4 is 23.6 Å². The van der Waals surface area contributed by atoms with E-state index in [0.717, 1.165) is 16.0 Å². The predicted molar refractivity (Wildman–Crippen MR) is 93.9 cm³/mol. The third kappa shape index (κ3) is 3.46. The number of amides is 1. The van der Waals surface area contributed by atoms with Gasteiger partial charge in [-0.05, 0) is 30.5 Å². The third-order valence-electron chi connectivity index (χ3n) is 4.23. The van der Waals surface area contributed by atoms with Crippen LogP contribution < -0.4 is 0 Å². The molecule has 0 bridgehead atoms. The molecule has 1 aliphatic rings. The van der Waals surface area contributed by atoms with E-state index in [4.69, 9.17) is 0 Å². The van der Waals surface area contributed by atoms with Crippen LogP contribution in [0.4, 0.5) is 0 Å². The Bertz CT molecular complexity index is 722. The highest BCUT2D eigenvalue weighted by molar-refractivity contribution is 8.01. The second-order valence-electron chi connectivity index (χ2n) is 5.88. The van der Waals surface area contributed by atoms with Gasteiger partial charge < -0.3 is 10.0 Å². The first-order valence-corrected chi connectivity index (χ1v) is 8.76. The van der Waals surface area contributed by atoms with E-state index < -0.39 is 12.0 Å². The Balaban J connectivity index is 1.80. The summed E-state index contributed by atoms with van der Waals surface area (Å²) in [6.07, 6.45) is 0.650. The van der Waals surface area contributed by atoms with Gasteiger partial charge in [-0.1, -0.05) is 48.5 Å². The molecule has 2 aromatic rings. The molecule has 124 valence electrons. The van der Waals surface area contributed by atoms with E-state index in [1.54, 1.807) is 6.92 Å². The van der Waals surface area contributed by atoms with Gasteiger partial charge in [-0.15, -0.1) is 11.8 Å². The van der Waals surface area contributed by atoms with E-state index in [9.17, 15) is 14.7 Å². The van der Waals surface area contributed by atoms with E-state index in [-0.39, 0.29) is 11.2 Å². The first-order chi connectivity index (χ1) is 11.6. The van der Waals surface area contributed by atoms with Gasteiger partial charge in [-0.25, -0.2) is 4.79 Å². The fourth-order valence-electron chi connectivity index (χ4n) is 2.82. The lowest BCUT2D eigenvalue weighted by Gasteiger charge is -2.29. The molecule has 2 aromatic carbocycles. The van der Waals surface area contributed by atoms with Gasteiger partial charge in [-0.3, -0.25) is 4.79 Å². The molecule has 2 atom stereocenters. The van der Waals surface area contributed by atoms with Crippen molar-refractivity contribution in [1.82, 2.24) is 4.90 Å². The zero-order chi connectivity index (χ0) is 17.1. The minimum atomic E-state index is -0.986. The Kier molecular flexibility index (Phi) is 4.90. The number of carbonyl (C=O) groups excluding carboxylic acids is 1. The minimum Gasteiger partial charge on any atom is -0.480 e. The van der Waals surface area contributed by atoms with E-state index in [2.05, 4.69) is 0 Å². The average Bonchev–Trinajstić information content (AvgIpc) is 3.03. The van der Waals surface area contributed by atoms with Crippen molar-refractivity contribution in [3.05, 3.63) is 65.7 Å². The molecule has 1 aliphatic heterocycles. The van der Waals surface area contributed by atoms with Crippen LogP contribution in [0.25, 0.3) is 0 Å². The molecule has 0 radical (unpaired) electrons. The zero-order valence-electron chi connectivity index (χ0n) is 13.4. The lowest BCUT2D eigenvalue weighted by molar-refractivity contribution is -0.149. The standard InChI is InChI=1S/C19H19NO3S/c1-13(19(22)23)20(12-14-7-3-2-4-8-14)18(21)17-11-15-9-5-6-10-16(15)24-17/h2-10,13,17H,11-12H2,1H3,(H,22,23). The molecule has 1 N–H and O–H groups in total. The SMILES string of the molecule is CC(C(=O)O)N(Cc1ccccc1)C(=O)C1Cc2ccccc2S1. The van der Waals surface area contributed by atoms with Crippen LogP contribution in [0.3, 0.4) is 0 Å². The van der Waals surface area contributed by atoms with Crippen LogP contribution in [-0.2, 0) is 22.6 Å². The maximum Gasteiger partial charge on any atom is 0.326 e. The molecular formula is C19H19NO3S. The summed E-state index contributed by atoms with van der Waals surface area (Å²) in [6, 6.07) is 16.6. The van der Waals surface area contributed by atoms with Crippen molar-refractivity contribution in [1.29, 1.82) is 0 Å². The largest absolute Gasteiger partial charge is 0.480 e. The number of thioether (sulfide) groups is 1. The number of carboxylic acids is 1. The molecule has 0 fully saturated rings. The molecule has 1 heterocycles. The molecule has 0 aromatic heterocycles. The van der Waals surface area contributed by atoms with Crippen LogP contribution in [0.5, 0.6) is 0 Å². The number of nitrogens with zero attached hydrogens (tertiary/aromatic N) is 1. The summed E-state index contributed by atoms with van der Waals surface area (Å²) in [6.45, 7) is 1.87. The van der Waals surface area contributed by atoms with Crippen LogP contribution in [0.15, 0.2) is 59.5 Å². The molecule has 5 heteroatoms. The monoisotopic (exact) mass is 341 g/mol. The van der Waals surface area contributed by atoms with Crippen molar-refractivity contribution in [2.75, 3.05) is 0 Å². The third-order valence-corrected chi connectivity index (χ3v) is 5.53. The molecule has 2 unspecified atom stereocenters. The summed E-state index contributed by atoms with van der Waals surface area (Å²) >= 11 is 1.53. The number of hydrogen-bond donors (Lipinski definition) is 1.